The molecule has 0 aliphatic rings. The van der Waals surface area contributed by atoms with Crippen molar-refractivity contribution in [2.45, 2.75) is 19.9 Å². The van der Waals surface area contributed by atoms with E-state index in [0.717, 1.165) is 11.1 Å². The van der Waals surface area contributed by atoms with Crippen LogP contribution < -0.4 is 14.8 Å². The van der Waals surface area contributed by atoms with Gasteiger partial charge in [-0.05, 0) is 50.2 Å². The molecule has 0 aliphatic carbocycles. The summed E-state index contributed by atoms with van der Waals surface area (Å²) in [6.45, 7) is 3.65. The van der Waals surface area contributed by atoms with E-state index in [-0.39, 0.29) is 11.9 Å². The molecule has 3 rings (SSSR count). The second-order valence-corrected chi connectivity index (χ2v) is 6.03. The third-order valence-corrected chi connectivity index (χ3v) is 4.18. The molecule has 0 unspecified atom stereocenters. The molecule has 0 aliphatic heterocycles. The summed E-state index contributed by atoms with van der Waals surface area (Å²) in [5.74, 6) is 2.16. The first kappa shape index (κ1) is 18.4. The second-order valence-electron chi connectivity index (χ2n) is 6.03. The van der Waals surface area contributed by atoms with E-state index in [1.807, 2.05) is 19.1 Å². The van der Waals surface area contributed by atoms with Crippen LogP contribution in [0.5, 0.6) is 11.5 Å². The quantitative estimate of drug-likeness (QED) is 0.717. The van der Waals surface area contributed by atoms with Crippen LogP contribution in [0.25, 0.3) is 11.5 Å². The van der Waals surface area contributed by atoms with Gasteiger partial charge in [-0.25, -0.2) is 0 Å². The Morgan fingerprint density at radius 2 is 1.85 bits per heavy atom. The Hall–Kier alpha value is -3.35. The van der Waals surface area contributed by atoms with Crippen molar-refractivity contribution in [3.8, 4) is 23.0 Å². The Morgan fingerprint density at radius 1 is 1.11 bits per heavy atom. The van der Waals surface area contributed by atoms with E-state index in [2.05, 4.69) is 15.5 Å². The molecule has 1 aromatic heterocycles. The number of methoxy groups -OCH3 is 2. The fraction of sp³-hybridized carbons (Fsp3) is 0.250. The fourth-order valence-corrected chi connectivity index (χ4v) is 2.71. The van der Waals surface area contributed by atoms with Gasteiger partial charge < -0.3 is 19.3 Å². The van der Waals surface area contributed by atoms with Gasteiger partial charge in [0.05, 0.1) is 20.3 Å². The molecule has 1 amide bonds. The number of carbonyl (C=O) groups is 1. The number of aryl methyl sites for hydroxylation is 1. The summed E-state index contributed by atoms with van der Waals surface area (Å²) in [6, 6.07) is 12.3. The summed E-state index contributed by atoms with van der Waals surface area (Å²) < 4.78 is 15.7. The molecule has 1 atom stereocenters. The maximum atomic E-state index is 12.6. The van der Waals surface area contributed by atoms with Crippen LogP contribution in [0.1, 0.15) is 34.7 Å². The lowest BCUT2D eigenvalue weighted by atomic mass is 10.1. The molecule has 27 heavy (non-hydrogen) atoms. The van der Waals surface area contributed by atoms with Gasteiger partial charge in [0, 0.05) is 22.8 Å². The molecule has 1 heterocycles. The van der Waals surface area contributed by atoms with E-state index in [4.69, 9.17) is 14.0 Å². The van der Waals surface area contributed by atoms with Gasteiger partial charge in [0.2, 0.25) is 0 Å². The second kappa shape index (κ2) is 7.90. The maximum Gasteiger partial charge on any atom is 0.257 e. The van der Waals surface area contributed by atoms with Crippen LogP contribution in [0, 0.1) is 6.92 Å². The number of amides is 1. The number of nitrogens with zero attached hydrogens (tertiary/aromatic N) is 2. The molecular weight excluding hydrogens is 346 g/mol. The highest BCUT2D eigenvalue weighted by Crippen LogP contribution is 2.29. The molecular formula is C20H21N3O4. The number of carbonyl (C=O) groups excluding carboxylic acids is 1. The number of rotatable bonds is 6. The normalized spacial score (nSPS) is 11.7. The Balaban J connectivity index is 1.73. The first-order valence-corrected chi connectivity index (χ1v) is 8.45. The van der Waals surface area contributed by atoms with Crippen LogP contribution in [0.15, 0.2) is 47.0 Å². The molecule has 0 saturated carbocycles. The van der Waals surface area contributed by atoms with Crippen LogP contribution in [0.4, 0.5) is 0 Å². The zero-order chi connectivity index (χ0) is 19.4. The van der Waals surface area contributed by atoms with Gasteiger partial charge in [-0.3, -0.25) is 4.79 Å². The molecule has 1 N–H and O–H groups in total. The van der Waals surface area contributed by atoms with Crippen molar-refractivity contribution in [2.75, 3.05) is 14.2 Å². The van der Waals surface area contributed by atoms with E-state index in [0.29, 0.717) is 28.8 Å². The minimum atomic E-state index is -0.239. The number of benzene rings is 2. The average molecular weight is 367 g/mol. The molecule has 0 saturated heterocycles. The third kappa shape index (κ3) is 4.08. The monoisotopic (exact) mass is 367 g/mol. The van der Waals surface area contributed by atoms with Gasteiger partial charge in [0.15, 0.2) is 5.82 Å². The number of aromatic nitrogens is 2. The Bertz CT molecular complexity index is 935. The molecule has 2 aromatic carbocycles. The summed E-state index contributed by atoms with van der Waals surface area (Å²) in [4.78, 5) is 16.7. The first-order chi connectivity index (χ1) is 13.0. The molecule has 0 spiro atoms. The average Bonchev–Trinajstić information content (AvgIpc) is 3.13. The van der Waals surface area contributed by atoms with Gasteiger partial charge in [-0.1, -0.05) is 5.16 Å². The maximum absolute atomic E-state index is 12.6. The Kier molecular flexibility index (Phi) is 5.40. The summed E-state index contributed by atoms with van der Waals surface area (Å²) in [5, 5.41) is 6.74. The van der Waals surface area contributed by atoms with Crippen LogP contribution in [-0.2, 0) is 0 Å². The van der Waals surface area contributed by atoms with Crippen LogP contribution in [-0.4, -0.2) is 30.3 Å². The lowest BCUT2D eigenvalue weighted by molar-refractivity contribution is 0.0939. The fourth-order valence-electron chi connectivity index (χ4n) is 2.71. The number of nitrogens with one attached hydrogen (secondary N) is 1. The first-order valence-electron chi connectivity index (χ1n) is 8.45. The highest BCUT2D eigenvalue weighted by molar-refractivity contribution is 5.94. The predicted molar refractivity (Wildman–Crippen MR) is 99.9 cm³/mol. The smallest absolute Gasteiger partial charge is 0.257 e. The molecule has 0 fully saturated rings. The summed E-state index contributed by atoms with van der Waals surface area (Å²) in [5.41, 5.74) is 2.16. The van der Waals surface area contributed by atoms with Gasteiger partial charge in [-0.2, -0.15) is 4.98 Å². The van der Waals surface area contributed by atoms with Crippen molar-refractivity contribution < 1.29 is 18.8 Å². The number of ether oxygens (including phenoxy) is 2. The van der Waals surface area contributed by atoms with E-state index >= 15 is 0 Å². The van der Waals surface area contributed by atoms with Crippen LogP contribution in [0.3, 0.4) is 0 Å². The van der Waals surface area contributed by atoms with E-state index in [1.165, 1.54) is 0 Å². The number of hydrogen-bond acceptors (Lipinski definition) is 6. The van der Waals surface area contributed by atoms with E-state index in [9.17, 15) is 4.79 Å². The van der Waals surface area contributed by atoms with Crippen LogP contribution >= 0.6 is 0 Å². The van der Waals surface area contributed by atoms with Crippen molar-refractivity contribution in [3.63, 3.8) is 0 Å². The summed E-state index contributed by atoms with van der Waals surface area (Å²) in [7, 11) is 3.18. The topological polar surface area (TPSA) is 86.5 Å². The standard InChI is InChI=1S/C20H21N3O4/c1-12(17-10-9-16(25-3)11-18(17)26-4)21-19(24)14-5-7-15(8-6-14)20-22-13(2)23-27-20/h5-12H,1-4H3,(H,21,24)/t12-/m0/s1. The molecule has 140 valence electrons. The summed E-state index contributed by atoms with van der Waals surface area (Å²) in [6.07, 6.45) is 0. The zero-order valence-corrected chi connectivity index (χ0v) is 15.6. The van der Waals surface area contributed by atoms with Crippen molar-refractivity contribution in [3.05, 3.63) is 59.4 Å². The highest BCUT2D eigenvalue weighted by atomic mass is 16.5. The molecule has 0 radical (unpaired) electrons. The minimum absolute atomic E-state index is 0.186. The lowest BCUT2D eigenvalue weighted by Gasteiger charge is -2.18. The van der Waals surface area contributed by atoms with Gasteiger partial charge in [-0.15, -0.1) is 0 Å². The van der Waals surface area contributed by atoms with Crippen molar-refractivity contribution in [2.24, 2.45) is 0 Å². The van der Waals surface area contributed by atoms with Crippen molar-refractivity contribution >= 4 is 5.91 Å². The Morgan fingerprint density at radius 3 is 2.44 bits per heavy atom. The van der Waals surface area contributed by atoms with Crippen molar-refractivity contribution in [1.82, 2.24) is 15.5 Å². The molecule has 7 nitrogen and oxygen atoms in total. The van der Waals surface area contributed by atoms with Crippen LogP contribution in [0.2, 0.25) is 0 Å². The molecule has 0 bridgehead atoms. The minimum Gasteiger partial charge on any atom is -0.497 e. The van der Waals surface area contributed by atoms with Gasteiger partial charge >= 0.3 is 0 Å². The summed E-state index contributed by atoms with van der Waals surface area (Å²) >= 11 is 0. The van der Waals surface area contributed by atoms with Crippen molar-refractivity contribution in [1.29, 1.82) is 0 Å². The molecule has 7 heteroatoms. The van der Waals surface area contributed by atoms with E-state index < -0.39 is 0 Å². The zero-order valence-electron chi connectivity index (χ0n) is 15.6. The Labute approximate surface area is 157 Å². The van der Waals surface area contributed by atoms with Gasteiger partial charge in [0.1, 0.15) is 11.5 Å². The lowest BCUT2D eigenvalue weighted by Crippen LogP contribution is -2.26. The molecule has 3 aromatic rings. The third-order valence-electron chi connectivity index (χ3n) is 4.18. The largest absolute Gasteiger partial charge is 0.497 e. The number of hydrogen-bond donors (Lipinski definition) is 1. The highest BCUT2D eigenvalue weighted by Gasteiger charge is 2.16. The predicted octanol–water partition coefficient (Wildman–Crippen LogP) is 3.55. The van der Waals surface area contributed by atoms with E-state index in [1.54, 1.807) is 51.5 Å². The van der Waals surface area contributed by atoms with Gasteiger partial charge in [0.25, 0.3) is 11.8 Å². The SMILES string of the molecule is COc1ccc([C@H](C)NC(=O)c2ccc(-c3nc(C)no3)cc2)c(OC)c1.